The fourth-order valence-corrected chi connectivity index (χ4v) is 0.581. The van der Waals surface area contributed by atoms with E-state index in [-0.39, 0.29) is 37.5 Å². The number of carbonyl (C=O) groups is 2. The summed E-state index contributed by atoms with van der Waals surface area (Å²) < 4.78 is 0. The summed E-state index contributed by atoms with van der Waals surface area (Å²) in [6, 6.07) is 8.30. The van der Waals surface area contributed by atoms with Crippen molar-refractivity contribution in [3.05, 3.63) is 35.9 Å². The fraction of sp³-hybridized carbons (Fsp3) is 0. The molecular weight excluding hydrogens is 183 g/mol. The molecule has 0 amide bonds. The van der Waals surface area contributed by atoms with Gasteiger partial charge < -0.3 is 11.6 Å². The van der Waals surface area contributed by atoms with Crippen molar-refractivity contribution in [3.63, 3.8) is 0 Å². The molecule has 0 bridgehead atoms. The Kier molecular flexibility index (Phi) is 10.4. The van der Waals surface area contributed by atoms with Crippen LogP contribution < -0.4 is 29.6 Å². The first-order valence-corrected chi connectivity index (χ1v) is 3.08. The van der Waals surface area contributed by atoms with E-state index in [0.717, 1.165) is 0 Å². The Morgan fingerprint density at radius 3 is 1.92 bits per heavy atom. The van der Waals surface area contributed by atoms with Crippen LogP contribution in [0, 0.1) is 0 Å². The summed E-state index contributed by atoms with van der Waals surface area (Å²) in [5, 5.41) is 15.3. The first kappa shape index (κ1) is 14.7. The van der Waals surface area contributed by atoms with E-state index in [9.17, 15) is 4.79 Å². The summed E-state index contributed by atoms with van der Waals surface area (Å²) in [4.78, 5) is 18.6. The molecule has 0 aliphatic carbocycles. The number of carboxylic acids is 1. The number of rotatable bonds is 1. The fourth-order valence-electron chi connectivity index (χ4n) is 0.581. The van der Waals surface area contributed by atoms with E-state index < -0.39 is 5.97 Å². The molecule has 0 radical (unpaired) electrons. The van der Waals surface area contributed by atoms with E-state index in [4.69, 9.17) is 15.0 Å². The zero-order valence-electron chi connectivity index (χ0n) is 8.18. The minimum atomic E-state index is -0.879. The van der Waals surface area contributed by atoms with Crippen LogP contribution in [0.1, 0.15) is 11.8 Å². The van der Waals surface area contributed by atoms with Gasteiger partial charge in [0.05, 0.1) is 5.56 Å². The molecule has 0 aliphatic heterocycles. The molecule has 1 rings (SSSR count). The maximum Gasteiger partial charge on any atom is 1.00 e. The Hall–Kier alpha value is -0.840. The largest absolute Gasteiger partial charge is 1.00 e. The molecule has 1 aromatic rings. The molecule has 0 saturated carbocycles. The van der Waals surface area contributed by atoms with Gasteiger partial charge in [-0.05, 0) is 12.1 Å². The summed E-state index contributed by atoms with van der Waals surface area (Å²) in [7, 11) is 0. The first-order chi connectivity index (χ1) is 5.72. The molecule has 0 heterocycles. The van der Waals surface area contributed by atoms with Gasteiger partial charge in [0.2, 0.25) is 0 Å². The molecule has 0 spiro atoms. The second kappa shape index (κ2) is 9.25. The van der Waals surface area contributed by atoms with E-state index in [1.165, 1.54) is 0 Å². The van der Waals surface area contributed by atoms with Crippen molar-refractivity contribution in [2.24, 2.45) is 0 Å². The standard InChI is InChI=1S/C7H6O2.CH2O2.Na.H/c8-7(9)6-4-2-1-3-5-6;2-1-3;;/h1-5H,(H,8,9);1H,(H,2,3);;/q;;+1;-1. The SMILES string of the molecule is O=C(O)c1ccccc1.O=CO.[H-].[Na+]. The van der Waals surface area contributed by atoms with Crippen molar-refractivity contribution in [1.29, 1.82) is 0 Å². The van der Waals surface area contributed by atoms with Gasteiger partial charge >= 0.3 is 35.5 Å². The van der Waals surface area contributed by atoms with Gasteiger partial charge in [-0.3, -0.25) is 4.79 Å². The Labute approximate surface area is 99.0 Å². The van der Waals surface area contributed by atoms with E-state index in [1.54, 1.807) is 30.3 Å². The van der Waals surface area contributed by atoms with E-state index in [2.05, 4.69) is 0 Å². The van der Waals surface area contributed by atoms with Gasteiger partial charge in [-0.1, -0.05) is 18.2 Å². The Balaban J connectivity index is -0.000000218. The molecule has 13 heavy (non-hydrogen) atoms. The van der Waals surface area contributed by atoms with Crippen LogP contribution in [0.5, 0.6) is 0 Å². The predicted octanol–water partition coefficient (Wildman–Crippen LogP) is -1.80. The van der Waals surface area contributed by atoms with E-state index in [1.807, 2.05) is 0 Å². The molecule has 0 fully saturated rings. The van der Waals surface area contributed by atoms with Crippen molar-refractivity contribution in [2.75, 3.05) is 0 Å². The van der Waals surface area contributed by atoms with Gasteiger partial charge in [-0.25, -0.2) is 4.79 Å². The minimum Gasteiger partial charge on any atom is -1.00 e. The number of aromatic carboxylic acids is 1. The van der Waals surface area contributed by atoms with Crippen LogP contribution >= 0.6 is 0 Å². The third-order valence-corrected chi connectivity index (χ3v) is 1.02. The van der Waals surface area contributed by atoms with Gasteiger partial charge in [-0.15, -0.1) is 0 Å². The van der Waals surface area contributed by atoms with Crippen LogP contribution in [-0.4, -0.2) is 22.7 Å². The number of carboxylic acid groups (broad SMARTS) is 2. The van der Waals surface area contributed by atoms with Crippen molar-refractivity contribution < 1.29 is 50.8 Å². The molecule has 0 atom stereocenters. The molecule has 1 aromatic carbocycles. The molecule has 0 aliphatic rings. The Bertz CT molecular complexity index is 253. The molecule has 0 unspecified atom stereocenters. The minimum absolute atomic E-state index is 0. The third kappa shape index (κ3) is 7.52. The normalized spacial score (nSPS) is 7.08. The molecule has 0 aromatic heterocycles. The topological polar surface area (TPSA) is 74.6 Å². The van der Waals surface area contributed by atoms with Crippen LogP contribution in [0.25, 0.3) is 0 Å². The van der Waals surface area contributed by atoms with Gasteiger partial charge in [0.1, 0.15) is 0 Å². The zero-order valence-corrected chi connectivity index (χ0v) is 9.18. The van der Waals surface area contributed by atoms with Crippen molar-refractivity contribution >= 4 is 12.4 Å². The van der Waals surface area contributed by atoms with Crippen LogP contribution in [-0.2, 0) is 4.79 Å². The first-order valence-electron chi connectivity index (χ1n) is 3.08. The van der Waals surface area contributed by atoms with Gasteiger partial charge in [0, 0.05) is 0 Å². The van der Waals surface area contributed by atoms with Crippen LogP contribution in [0.3, 0.4) is 0 Å². The van der Waals surface area contributed by atoms with Crippen LogP contribution in [0.15, 0.2) is 30.3 Å². The maximum atomic E-state index is 10.2. The summed E-state index contributed by atoms with van der Waals surface area (Å²) in [6.45, 7) is -0.250. The van der Waals surface area contributed by atoms with E-state index in [0.29, 0.717) is 5.56 Å². The van der Waals surface area contributed by atoms with Gasteiger partial charge in [0.15, 0.2) is 0 Å². The molecular formula is C8H9NaO4. The van der Waals surface area contributed by atoms with Gasteiger partial charge in [0.25, 0.3) is 6.47 Å². The quantitative estimate of drug-likeness (QED) is 0.406. The van der Waals surface area contributed by atoms with E-state index >= 15 is 0 Å². The predicted molar refractivity (Wildman–Crippen MR) is 43.2 cm³/mol. The second-order valence-corrected chi connectivity index (χ2v) is 1.78. The van der Waals surface area contributed by atoms with Crippen molar-refractivity contribution in [1.82, 2.24) is 0 Å². The summed E-state index contributed by atoms with van der Waals surface area (Å²) in [5.74, 6) is -0.879. The molecule has 0 saturated heterocycles. The van der Waals surface area contributed by atoms with Crippen LogP contribution in [0.4, 0.5) is 0 Å². The van der Waals surface area contributed by atoms with Crippen molar-refractivity contribution in [3.8, 4) is 0 Å². The maximum absolute atomic E-state index is 10.2. The Morgan fingerprint density at radius 2 is 1.69 bits per heavy atom. The molecule has 5 heteroatoms. The van der Waals surface area contributed by atoms with Gasteiger partial charge in [-0.2, -0.15) is 0 Å². The summed E-state index contributed by atoms with van der Waals surface area (Å²) >= 11 is 0. The second-order valence-electron chi connectivity index (χ2n) is 1.78. The summed E-state index contributed by atoms with van der Waals surface area (Å²) in [6.07, 6.45) is 0. The average molecular weight is 192 g/mol. The number of hydrogen-bond donors (Lipinski definition) is 2. The Morgan fingerprint density at radius 1 is 1.31 bits per heavy atom. The monoisotopic (exact) mass is 192 g/mol. The molecule has 66 valence electrons. The number of benzene rings is 1. The van der Waals surface area contributed by atoms with Crippen LogP contribution in [0.2, 0.25) is 0 Å². The third-order valence-electron chi connectivity index (χ3n) is 1.02. The number of hydrogen-bond acceptors (Lipinski definition) is 2. The smallest absolute Gasteiger partial charge is 1.00 e. The van der Waals surface area contributed by atoms with Crippen molar-refractivity contribution in [2.45, 2.75) is 0 Å². The average Bonchev–Trinajstić information content (AvgIpc) is 2.07. The zero-order chi connectivity index (χ0) is 9.40. The summed E-state index contributed by atoms with van der Waals surface area (Å²) in [5.41, 5.74) is 0.331. The molecule has 2 N–H and O–H groups in total. The molecule has 4 nitrogen and oxygen atoms in total.